The predicted octanol–water partition coefficient (Wildman–Crippen LogP) is 1.51. The van der Waals surface area contributed by atoms with Crippen LogP contribution >= 0.6 is 0 Å². The minimum absolute atomic E-state index is 0.00356. The third-order valence-corrected chi connectivity index (χ3v) is 1.94. The van der Waals surface area contributed by atoms with Gasteiger partial charge in [-0.1, -0.05) is 0 Å². The second-order valence-corrected chi connectivity index (χ2v) is 4.79. The summed E-state index contributed by atoms with van der Waals surface area (Å²) in [6.07, 6.45) is 0.688. The van der Waals surface area contributed by atoms with Gasteiger partial charge in [-0.05, 0) is 20.8 Å². The lowest BCUT2D eigenvalue weighted by Crippen LogP contribution is -2.39. The summed E-state index contributed by atoms with van der Waals surface area (Å²) < 4.78 is 10.0. The smallest absolute Gasteiger partial charge is 0.407 e. The molecule has 0 aliphatic rings. The number of hydrogen-bond acceptors (Lipinski definition) is 5. The van der Waals surface area contributed by atoms with E-state index in [-0.39, 0.29) is 6.54 Å². The Morgan fingerprint density at radius 3 is 2.68 bits per heavy atom. The van der Waals surface area contributed by atoms with Gasteiger partial charge >= 0.3 is 12.2 Å². The average Bonchev–Trinajstić information content (AvgIpc) is 2.74. The summed E-state index contributed by atoms with van der Waals surface area (Å²) in [7, 11) is 0. The normalized spacial score (nSPS) is 12.6. The molecule has 0 saturated carbocycles. The highest BCUT2D eigenvalue weighted by Crippen LogP contribution is 2.11. The van der Waals surface area contributed by atoms with E-state index in [1.165, 1.54) is 12.6 Å². The second-order valence-electron chi connectivity index (χ2n) is 4.79. The molecule has 1 aromatic rings. The number of oxazole rings is 1. The standard InChI is InChI=1S/C11H17N3O5/c1-11(2,3)19-10(17)13-4-7(14-9(15)16)8-5-12-6-18-8/h5-7,14H,4H2,1-3H3,(H,13,17)(H,15,16)/t7-/m0/s1. The number of nitrogens with one attached hydrogen (secondary N) is 2. The zero-order chi connectivity index (χ0) is 14.5. The Balaban J connectivity index is 2.55. The van der Waals surface area contributed by atoms with Gasteiger partial charge in [0.25, 0.3) is 0 Å². The van der Waals surface area contributed by atoms with E-state index >= 15 is 0 Å². The SMILES string of the molecule is CC(C)(C)OC(=O)NC[C@H](NC(=O)O)c1cnco1. The Hall–Kier alpha value is -2.25. The Bertz CT molecular complexity index is 424. The van der Waals surface area contributed by atoms with Gasteiger partial charge in [-0.3, -0.25) is 0 Å². The first kappa shape index (κ1) is 14.8. The number of rotatable bonds is 4. The van der Waals surface area contributed by atoms with Crippen molar-refractivity contribution in [3.8, 4) is 0 Å². The molecular formula is C11H17N3O5. The second kappa shape index (κ2) is 6.07. The molecule has 1 atom stereocenters. The number of aromatic nitrogens is 1. The van der Waals surface area contributed by atoms with Crippen LogP contribution in [0.3, 0.4) is 0 Å². The Morgan fingerprint density at radius 1 is 1.53 bits per heavy atom. The van der Waals surface area contributed by atoms with Crippen molar-refractivity contribution in [2.24, 2.45) is 0 Å². The minimum atomic E-state index is -1.23. The van der Waals surface area contributed by atoms with Crippen molar-refractivity contribution >= 4 is 12.2 Å². The molecule has 0 saturated heterocycles. The molecule has 8 nitrogen and oxygen atoms in total. The van der Waals surface area contributed by atoms with Crippen molar-refractivity contribution in [3.63, 3.8) is 0 Å². The van der Waals surface area contributed by atoms with E-state index in [4.69, 9.17) is 14.3 Å². The zero-order valence-electron chi connectivity index (χ0n) is 11.0. The fourth-order valence-electron chi connectivity index (χ4n) is 1.27. The maximum atomic E-state index is 11.5. The summed E-state index contributed by atoms with van der Waals surface area (Å²) in [4.78, 5) is 25.8. The summed E-state index contributed by atoms with van der Waals surface area (Å²) in [6.45, 7) is 5.19. The first-order valence-corrected chi connectivity index (χ1v) is 5.62. The topological polar surface area (TPSA) is 114 Å². The molecule has 3 N–H and O–H groups in total. The van der Waals surface area contributed by atoms with Crippen LogP contribution in [-0.2, 0) is 4.74 Å². The van der Waals surface area contributed by atoms with Crippen LogP contribution < -0.4 is 10.6 Å². The molecule has 0 unspecified atom stereocenters. The highest BCUT2D eigenvalue weighted by molar-refractivity contribution is 5.68. The molecule has 1 heterocycles. The van der Waals surface area contributed by atoms with Gasteiger partial charge in [-0.25, -0.2) is 14.6 Å². The van der Waals surface area contributed by atoms with Crippen LogP contribution in [0, 0.1) is 0 Å². The zero-order valence-corrected chi connectivity index (χ0v) is 11.0. The minimum Gasteiger partial charge on any atom is -0.465 e. The van der Waals surface area contributed by atoms with E-state index in [9.17, 15) is 9.59 Å². The Kier molecular flexibility index (Phi) is 4.74. The largest absolute Gasteiger partial charge is 0.465 e. The molecule has 106 valence electrons. The number of nitrogens with zero attached hydrogens (tertiary/aromatic N) is 1. The first-order valence-electron chi connectivity index (χ1n) is 5.62. The molecule has 0 bridgehead atoms. The van der Waals surface area contributed by atoms with Crippen LogP contribution in [-0.4, -0.2) is 34.4 Å². The molecular weight excluding hydrogens is 254 g/mol. The van der Waals surface area contributed by atoms with E-state index in [1.807, 2.05) is 0 Å². The third-order valence-electron chi connectivity index (χ3n) is 1.94. The van der Waals surface area contributed by atoms with E-state index in [2.05, 4.69) is 15.6 Å². The average molecular weight is 271 g/mol. The fourth-order valence-corrected chi connectivity index (χ4v) is 1.27. The molecule has 0 aliphatic carbocycles. The van der Waals surface area contributed by atoms with Gasteiger partial charge in [-0.15, -0.1) is 0 Å². The molecule has 1 rings (SSSR count). The number of alkyl carbamates (subject to hydrolysis) is 1. The van der Waals surface area contributed by atoms with Gasteiger partial charge in [0, 0.05) is 6.54 Å². The highest BCUT2D eigenvalue weighted by Gasteiger charge is 2.21. The summed E-state index contributed by atoms with van der Waals surface area (Å²) in [6, 6.07) is -0.729. The van der Waals surface area contributed by atoms with Crippen molar-refractivity contribution < 1.29 is 23.8 Å². The van der Waals surface area contributed by atoms with E-state index < -0.39 is 23.8 Å². The monoisotopic (exact) mass is 271 g/mol. The van der Waals surface area contributed by atoms with Crippen molar-refractivity contribution in [1.82, 2.24) is 15.6 Å². The first-order chi connectivity index (χ1) is 8.78. The van der Waals surface area contributed by atoms with Crippen LogP contribution in [0.4, 0.5) is 9.59 Å². The molecule has 0 fully saturated rings. The number of ether oxygens (including phenoxy) is 1. The van der Waals surface area contributed by atoms with Gasteiger partial charge in [0.05, 0.1) is 6.20 Å². The lowest BCUT2D eigenvalue weighted by atomic mass is 10.2. The van der Waals surface area contributed by atoms with E-state index in [1.54, 1.807) is 20.8 Å². The van der Waals surface area contributed by atoms with Gasteiger partial charge in [-0.2, -0.15) is 0 Å². The van der Waals surface area contributed by atoms with Gasteiger partial charge in [0.2, 0.25) is 0 Å². The predicted molar refractivity (Wildman–Crippen MR) is 64.6 cm³/mol. The van der Waals surface area contributed by atoms with Crippen molar-refractivity contribution in [1.29, 1.82) is 0 Å². The lowest BCUT2D eigenvalue weighted by Gasteiger charge is -2.21. The van der Waals surface area contributed by atoms with Crippen LogP contribution in [0.5, 0.6) is 0 Å². The van der Waals surface area contributed by atoms with Crippen LogP contribution in [0.1, 0.15) is 32.6 Å². The molecule has 0 aromatic carbocycles. The number of carboxylic acid groups (broad SMARTS) is 1. The van der Waals surface area contributed by atoms with Gasteiger partial charge in [0.1, 0.15) is 17.4 Å². The van der Waals surface area contributed by atoms with E-state index in [0.717, 1.165) is 0 Å². The van der Waals surface area contributed by atoms with Crippen molar-refractivity contribution in [2.75, 3.05) is 6.54 Å². The number of carbonyl (C=O) groups excluding carboxylic acids is 1. The molecule has 2 amide bonds. The maximum Gasteiger partial charge on any atom is 0.407 e. The van der Waals surface area contributed by atoms with Crippen LogP contribution in [0.25, 0.3) is 0 Å². The van der Waals surface area contributed by atoms with E-state index in [0.29, 0.717) is 5.76 Å². The number of hydrogen-bond donors (Lipinski definition) is 3. The summed E-state index contributed by atoms with van der Waals surface area (Å²) in [5.74, 6) is 0.304. The van der Waals surface area contributed by atoms with Crippen LogP contribution in [0.15, 0.2) is 17.0 Å². The Morgan fingerprint density at radius 2 is 2.21 bits per heavy atom. The van der Waals surface area contributed by atoms with Crippen molar-refractivity contribution in [2.45, 2.75) is 32.4 Å². The number of carbonyl (C=O) groups is 2. The van der Waals surface area contributed by atoms with Crippen molar-refractivity contribution in [3.05, 3.63) is 18.4 Å². The molecule has 19 heavy (non-hydrogen) atoms. The highest BCUT2D eigenvalue weighted by atomic mass is 16.6. The fraction of sp³-hybridized carbons (Fsp3) is 0.545. The summed E-state index contributed by atoms with van der Waals surface area (Å²) >= 11 is 0. The molecule has 8 heteroatoms. The number of amides is 2. The molecule has 0 radical (unpaired) electrons. The van der Waals surface area contributed by atoms with Gasteiger partial charge in [0.15, 0.2) is 6.39 Å². The quantitative estimate of drug-likeness (QED) is 0.764. The lowest BCUT2D eigenvalue weighted by molar-refractivity contribution is 0.0520. The molecule has 0 aliphatic heterocycles. The third kappa shape index (κ3) is 5.75. The molecule has 0 spiro atoms. The Labute approximate surface area is 110 Å². The summed E-state index contributed by atoms with van der Waals surface area (Å²) in [5.41, 5.74) is -0.619. The molecule has 1 aromatic heterocycles. The van der Waals surface area contributed by atoms with Gasteiger partial charge < -0.3 is 24.9 Å². The summed E-state index contributed by atoms with van der Waals surface area (Å²) in [5, 5.41) is 13.4. The maximum absolute atomic E-state index is 11.5. The van der Waals surface area contributed by atoms with Crippen LogP contribution in [0.2, 0.25) is 0 Å².